The predicted octanol–water partition coefficient (Wildman–Crippen LogP) is 2.27. The van der Waals surface area contributed by atoms with Crippen LogP contribution in [0.2, 0.25) is 0 Å². The number of hydrogen-bond acceptors (Lipinski definition) is 3. The molecule has 2 nitrogen and oxygen atoms in total. The van der Waals surface area contributed by atoms with Crippen molar-refractivity contribution in [2.24, 2.45) is 5.73 Å². The van der Waals surface area contributed by atoms with Crippen LogP contribution in [0.1, 0.15) is 23.7 Å². The second-order valence-corrected chi connectivity index (χ2v) is 3.69. The summed E-state index contributed by atoms with van der Waals surface area (Å²) in [5.74, 6) is 0. The van der Waals surface area contributed by atoms with Crippen molar-refractivity contribution in [3.63, 3.8) is 0 Å². The van der Waals surface area contributed by atoms with Gasteiger partial charge in [0.1, 0.15) is 5.01 Å². The van der Waals surface area contributed by atoms with Crippen LogP contribution in [0.25, 0.3) is 0 Å². The normalized spacial score (nSPS) is 14.5. The fourth-order valence-corrected chi connectivity index (χ4v) is 1.72. The predicted molar refractivity (Wildman–Crippen MR) is 44.5 cm³/mol. The van der Waals surface area contributed by atoms with Crippen molar-refractivity contribution in [3.8, 4) is 0 Å². The third-order valence-corrected chi connectivity index (χ3v) is 2.25. The maximum absolute atomic E-state index is 11.9. The lowest BCUT2D eigenvalue weighted by molar-refractivity contribution is -0.127. The van der Waals surface area contributed by atoms with Crippen LogP contribution in [0.4, 0.5) is 13.2 Å². The van der Waals surface area contributed by atoms with E-state index in [0.29, 0.717) is 5.69 Å². The fourth-order valence-electron chi connectivity index (χ4n) is 0.787. The minimum atomic E-state index is -4.19. The van der Waals surface area contributed by atoms with E-state index in [1.165, 1.54) is 0 Å². The van der Waals surface area contributed by atoms with E-state index in [1.54, 1.807) is 12.3 Å². The van der Waals surface area contributed by atoms with Gasteiger partial charge in [-0.15, -0.1) is 11.3 Å². The number of thiazole rings is 1. The molecule has 1 rings (SSSR count). The first-order valence-electron chi connectivity index (χ1n) is 3.65. The quantitative estimate of drug-likeness (QED) is 0.813. The van der Waals surface area contributed by atoms with E-state index >= 15 is 0 Å². The van der Waals surface area contributed by atoms with Gasteiger partial charge in [0.25, 0.3) is 0 Å². The van der Waals surface area contributed by atoms with Crippen molar-refractivity contribution in [1.29, 1.82) is 0 Å². The Labute approximate surface area is 77.6 Å². The molecule has 0 aliphatic heterocycles. The van der Waals surface area contributed by atoms with Crippen molar-refractivity contribution in [2.45, 2.75) is 25.6 Å². The number of aromatic nitrogens is 1. The highest BCUT2D eigenvalue weighted by atomic mass is 32.1. The molecule has 0 aromatic carbocycles. The van der Waals surface area contributed by atoms with Crippen molar-refractivity contribution in [2.75, 3.05) is 0 Å². The Bertz CT molecular complexity index is 280. The van der Waals surface area contributed by atoms with Crippen LogP contribution >= 0.6 is 11.3 Å². The van der Waals surface area contributed by atoms with Crippen LogP contribution in [-0.2, 0) is 6.42 Å². The first-order valence-corrected chi connectivity index (χ1v) is 4.53. The largest absolute Gasteiger partial charge is 0.395 e. The van der Waals surface area contributed by atoms with Gasteiger partial charge < -0.3 is 5.73 Å². The molecule has 1 unspecified atom stereocenters. The zero-order valence-electron chi connectivity index (χ0n) is 6.93. The molecule has 0 saturated heterocycles. The van der Waals surface area contributed by atoms with Crippen LogP contribution in [0.15, 0.2) is 5.38 Å². The van der Waals surface area contributed by atoms with Gasteiger partial charge in [0.2, 0.25) is 0 Å². The highest BCUT2D eigenvalue weighted by Gasteiger charge is 2.29. The second kappa shape index (κ2) is 3.63. The number of nitrogens with zero attached hydrogens (tertiary/aromatic N) is 1. The fraction of sp³-hybridized carbons (Fsp3) is 0.571. The molecule has 1 aromatic heterocycles. The minimum absolute atomic E-state index is 0.0693. The van der Waals surface area contributed by atoms with Gasteiger partial charge in [0.15, 0.2) is 0 Å². The minimum Gasteiger partial charge on any atom is -0.323 e. The molecule has 13 heavy (non-hydrogen) atoms. The molecule has 0 spiro atoms. The van der Waals surface area contributed by atoms with E-state index in [2.05, 4.69) is 4.98 Å². The van der Waals surface area contributed by atoms with Crippen molar-refractivity contribution >= 4 is 11.3 Å². The molecule has 1 atom stereocenters. The number of hydrogen-bond donors (Lipinski definition) is 1. The van der Waals surface area contributed by atoms with Gasteiger partial charge >= 0.3 is 6.18 Å². The molecule has 0 fully saturated rings. The molecular formula is C7H9F3N2S. The van der Waals surface area contributed by atoms with Crippen LogP contribution in [0.5, 0.6) is 0 Å². The van der Waals surface area contributed by atoms with E-state index in [0.717, 1.165) is 11.3 Å². The summed E-state index contributed by atoms with van der Waals surface area (Å²) in [6, 6.07) is -0.307. The summed E-state index contributed by atoms with van der Waals surface area (Å²) in [4.78, 5) is 3.77. The summed E-state index contributed by atoms with van der Waals surface area (Å²) < 4.78 is 35.7. The highest BCUT2D eigenvalue weighted by Crippen LogP contribution is 2.24. The lowest BCUT2D eigenvalue weighted by Gasteiger charge is -2.02. The molecule has 6 heteroatoms. The van der Waals surface area contributed by atoms with Gasteiger partial charge in [-0.1, -0.05) is 0 Å². The average molecular weight is 210 g/mol. The van der Waals surface area contributed by atoms with Crippen LogP contribution in [-0.4, -0.2) is 11.2 Å². The smallest absolute Gasteiger partial charge is 0.323 e. The van der Waals surface area contributed by atoms with Crippen molar-refractivity contribution in [1.82, 2.24) is 4.98 Å². The standard InChI is InChI=1S/C7H9F3N2S/c1-4(11)5-3-13-6(12-5)2-7(8,9)10/h3-4H,2,11H2,1H3. The molecule has 1 heterocycles. The molecule has 0 bridgehead atoms. The molecule has 0 aliphatic carbocycles. The topological polar surface area (TPSA) is 38.9 Å². The van der Waals surface area contributed by atoms with Gasteiger partial charge in [0.05, 0.1) is 12.1 Å². The van der Waals surface area contributed by atoms with E-state index in [4.69, 9.17) is 5.73 Å². The van der Waals surface area contributed by atoms with Crippen molar-refractivity contribution in [3.05, 3.63) is 16.1 Å². The summed E-state index contributed by atoms with van der Waals surface area (Å²) in [5.41, 5.74) is 5.97. The van der Waals surface area contributed by atoms with E-state index in [-0.39, 0.29) is 11.0 Å². The highest BCUT2D eigenvalue weighted by molar-refractivity contribution is 7.09. The molecular weight excluding hydrogens is 201 g/mol. The summed E-state index contributed by atoms with van der Waals surface area (Å²) in [6.45, 7) is 1.69. The van der Waals surface area contributed by atoms with E-state index < -0.39 is 12.6 Å². The Morgan fingerprint density at radius 3 is 2.62 bits per heavy atom. The lowest BCUT2D eigenvalue weighted by atomic mass is 10.3. The van der Waals surface area contributed by atoms with Gasteiger partial charge in [0, 0.05) is 11.4 Å². The maximum Gasteiger partial charge on any atom is 0.395 e. The van der Waals surface area contributed by atoms with Crippen molar-refractivity contribution < 1.29 is 13.2 Å². The third-order valence-electron chi connectivity index (χ3n) is 1.39. The maximum atomic E-state index is 11.9. The van der Waals surface area contributed by atoms with Gasteiger partial charge in [-0.3, -0.25) is 0 Å². The van der Waals surface area contributed by atoms with Gasteiger partial charge in [-0.05, 0) is 6.92 Å². The molecule has 74 valence electrons. The molecule has 0 saturated carbocycles. The Balaban J connectivity index is 2.70. The second-order valence-electron chi connectivity index (χ2n) is 2.75. The van der Waals surface area contributed by atoms with Gasteiger partial charge in [-0.2, -0.15) is 13.2 Å². The average Bonchev–Trinajstić information content (AvgIpc) is 2.31. The first kappa shape index (κ1) is 10.5. The van der Waals surface area contributed by atoms with E-state index in [1.807, 2.05) is 0 Å². The summed E-state index contributed by atoms with van der Waals surface area (Å²) >= 11 is 0.994. The molecule has 2 N–H and O–H groups in total. The third kappa shape index (κ3) is 3.31. The van der Waals surface area contributed by atoms with Crippen LogP contribution < -0.4 is 5.73 Å². The zero-order chi connectivity index (χ0) is 10.1. The first-order chi connectivity index (χ1) is 5.88. The SMILES string of the molecule is CC(N)c1csc(CC(F)(F)F)n1. The summed E-state index contributed by atoms with van der Waals surface area (Å²) in [7, 11) is 0. The number of rotatable bonds is 2. The molecule has 0 aliphatic rings. The number of nitrogens with two attached hydrogens (primary N) is 1. The molecule has 1 aromatic rings. The molecule has 0 amide bonds. The number of halogens is 3. The van der Waals surface area contributed by atoms with Gasteiger partial charge in [-0.25, -0.2) is 4.98 Å². The Hall–Kier alpha value is -0.620. The summed E-state index contributed by atoms with van der Waals surface area (Å²) in [5, 5.41) is 1.63. The van der Waals surface area contributed by atoms with Crippen LogP contribution in [0, 0.1) is 0 Å². The monoisotopic (exact) mass is 210 g/mol. The van der Waals surface area contributed by atoms with Crippen LogP contribution in [0.3, 0.4) is 0 Å². The molecule has 0 radical (unpaired) electrons. The zero-order valence-corrected chi connectivity index (χ0v) is 7.75. The Morgan fingerprint density at radius 1 is 1.62 bits per heavy atom. The number of alkyl halides is 3. The Kier molecular flexibility index (Phi) is 2.92. The summed E-state index contributed by atoms with van der Waals surface area (Å²) in [6.07, 6.45) is -5.16. The Morgan fingerprint density at radius 2 is 2.23 bits per heavy atom. The van der Waals surface area contributed by atoms with E-state index in [9.17, 15) is 13.2 Å². The lowest BCUT2D eigenvalue weighted by Crippen LogP contribution is -2.12.